The lowest BCUT2D eigenvalue weighted by atomic mass is 10.0. The third-order valence-electron chi connectivity index (χ3n) is 2.22. The Morgan fingerprint density at radius 1 is 0.786 bits per heavy atom. The van der Waals surface area contributed by atoms with Gasteiger partial charge in [0, 0.05) is 13.1 Å². The Morgan fingerprint density at radius 2 is 1.07 bits per heavy atom. The van der Waals surface area contributed by atoms with E-state index in [0.29, 0.717) is 0 Å². The minimum Gasteiger partial charge on any atom is -0.309 e. The lowest BCUT2D eigenvalue weighted by molar-refractivity contribution is 0.406. The first-order valence-corrected chi connectivity index (χ1v) is 5.09. The molecule has 0 atom stereocenters. The fourth-order valence-corrected chi connectivity index (χ4v) is 1.07. The van der Waals surface area contributed by atoms with Crippen LogP contribution >= 0.6 is 0 Å². The number of nitrogens with zero attached hydrogens (tertiary/aromatic N) is 2. The molecule has 0 aromatic rings. The van der Waals surface area contributed by atoms with Gasteiger partial charge in [-0.2, -0.15) is 0 Å². The van der Waals surface area contributed by atoms with E-state index < -0.39 is 0 Å². The van der Waals surface area contributed by atoms with Crippen LogP contribution in [0.15, 0.2) is 24.3 Å². The zero-order valence-electron chi connectivity index (χ0n) is 10.1. The van der Waals surface area contributed by atoms with Crippen molar-refractivity contribution < 1.29 is 0 Å². The molecule has 0 N–H and O–H groups in total. The van der Waals surface area contributed by atoms with Gasteiger partial charge in [-0.05, 0) is 41.0 Å². The highest BCUT2D eigenvalue weighted by molar-refractivity contribution is 5.25. The third kappa shape index (κ3) is 6.87. The van der Waals surface area contributed by atoms with Crippen LogP contribution in [-0.2, 0) is 0 Å². The van der Waals surface area contributed by atoms with Crippen LogP contribution in [0.3, 0.4) is 0 Å². The van der Waals surface area contributed by atoms with Crippen LogP contribution in [0.25, 0.3) is 0 Å². The van der Waals surface area contributed by atoms with Crippen molar-refractivity contribution in [2.24, 2.45) is 0 Å². The predicted molar refractivity (Wildman–Crippen MR) is 64.6 cm³/mol. The number of rotatable bonds is 7. The molecule has 0 fully saturated rings. The average molecular weight is 196 g/mol. The Bertz CT molecular complexity index is 170. The monoisotopic (exact) mass is 196 g/mol. The average Bonchev–Trinajstić information content (AvgIpc) is 2.09. The highest BCUT2D eigenvalue weighted by Crippen LogP contribution is 2.13. The predicted octanol–water partition coefficient (Wildman–Crippen LogP) is 2.00. The third-order valence-corrected chi connectivity index (χ3v) is 2.22. The lowest BCUT2D eigenvalue weighted by Gasteiger charge is -2.15. The highest BCUT2D eigenvalue weighted by atomic mass is 15.1. The van der Waals surface area contributed by atoms with E-state index in [2.05, 4.69) is 51.1 Å². The highest BCUT2D eigenvalue weighted by Gasteiger charge is 2.01. The summed E-state index contributed by atoms with van der Waals surface area (Å²) < 4.78 is 0. The molecule has 0 amide bonds. The molecule has 14 heavy (non-hydrogen) atoms. The van der Waals surface area contributed by atoms with Gasteiger partial charge in [0.15, 0.2) is 0 Å². The van der Waals surface area contributed by atoms with E-state index in [0.717, 1.165) is 25.9 Å². The first-order chi connectivity index (χ1) is 6.43. The molecule has 0 unspecified atom stereocenters. The Kier molecular flexibility index (Phi) is 6.50. The second-order valence-corrected chi connectivity index (χ2v) is 4.31. The van der Waals surface area contributed by atoms with E-state index in [1.807, 2.05) is 0 Å². The van der Waals surface area contributed by atoms with E-state index in [4.69, 9.17) is 0 Å². The maximum Gasteiger partial charge on any atom is 0.00156 e. The van der Waals surface area contributed by atoms with Crippen molar-refractivity contribution in [2.75, 3.05) is 41.3 Å². The maximum absolute atomic E-state index is 4.06. The second-order valence-electron chi connectivity index (χ2n) is 4.31. The molecule has 0 radical (unpaired) electrons. The molecule has 0 bridgehead atoms. The molecule has 0 aliphatic rings. The molecule has 0 aliphatic heterocycles. The Hall–Kier alpha value is -0.600. The molecule has 0 rings (SSSR count). The molecule has 0 aromatic carbocycles. The normalized spacial score (nSPS) is 11.0. The molecule has 0 aromatic heterocycles. The molecule has 0 heterocycles. The molecular formula is C12H24N2. The zero-order valence-corrected chi connectivity index (χ0v) is 10.1. The van der Waals surface area contributed by atoms with Crippen molar-refractivity contribution >= 4 is 0 Å². The molecule has 0 saturated heterocycles. The maximum atomic E-state index is 4.06. The molecule has 0 saturated carbocycles. The van der Waals surface area contributed by atoms with E-state index >= 15 is 0 Å². The van der Waals surface area contributed by atoms with E-state index in [1.54, 1.807) is 0 Å². The van der Waals surface area contributed by atoms with Crippen LogP contribution in [0.5, 0.6) is 0 Å². The minimum absolute atomic E-state index is 1.03. The minimum atomic E-state index is 1.03. The van der Waals surface area contributed by atoms with Crippen molar-refractivity contribution in [3.05, 3.63) is 24.3 Å². The summed E-state index contributed by atoms with van der Waals surface area (Å²) >= 11 is 0. The second kappa shape index (κ2) is 6.80. The van der Waals surface area contributed by atoms with Gasteiger partial charge in [0.05, 0.1) is 0 Å². The smallest absolute Gasteiger partial charge is 0.00156 e. The summed E-state index contributed by atoms with van der Waals surface area (Å²) in [5.41, 5.74) is 2.39. The standard InChI is InChI=1S/C12H24N2/c1-11(7-9-13(3)4)12(2)8-10-14(5)6/h1-2,7-10H2,3-6H3. The van der Waals surface area contributed by atoms with Crippen LogP contribution in [-0.4, -0.2) is 51.1 Å². The topological polar surface area (TPSA) is 6.48 Å². The Balaban J connectivity index is 3.71. The molecule has 0 aliphatic carbocycles. The van der Waals surface area contributed by atoms with Crippen molar-refractivity contribution in [3.8, 4) is 0 Å². The van der Waals surface area contributed by atoms with E-state index in [1.165, 1.54) is 11.1 Å². The number of hydrogen-bond acceptors (Lipinski definition) is 2. The van der Waals surface area contributed by atoms with Gasteiger partial charge in [0.1, 0.15) is 0 Å². The largest absolute Gasteiger partial charge is 0.309 e. The molecular weight excluding hydrogens is 172 g/mol. The van der Waals surface area contributed by atoms with Crippen LogP contribution in [0.2, 0.25) is 0 Å². The van der Waals surface area contributed by atoms with Crippen molar-refractivity contribution in [3.63, 3.8) is 0 Å². The van der Waals surface area contributed by atoms with Crippen molar-refractivity contribution in [1.82, 2.24) is 9.80 Å². The fourth-order valence-electron chi connectivity index (χ4n) is 1.07. The van der Waals surface area contributed by atoms with Gasteiger partial charge in [0.25, 0.3) is 0 Å². The summed E-state index contributed by atoms with van der Waals surface area (Å²) in [5, 5.41) is 0. The van der Waals surface area contributed by atoms with Gasteiger partial charge >= 0.3 is 0 Å². The summed E-state index contributed by atoms with van der Waals surface area (Å²) in [6.07, 6.45) is 2.05. The van der Waals surface area contributed by atoms with Gasteiger partial charge in [0.2, 0.25) is 0 Å². The van der Waals surface area contributed by atoms with Gasteiger partial charge in [-0.25, -0.2) is 0 Å². The van der Waals surface area contributed by atoms with Crippen molar-refractivity contribution in [2.45, 2.75) is 12.8 Å². The molecule has 0 spiro atoms. The number of hydrogen-bond donors (Lipinski definition) is 0. The Morgan fingerprint density at radius 3 is 1.29 bits per heavy atom. The summed E-state index contributed by atoms with van der Waals surface area (Å²) in [6, 6.07) is 0. The molecule has 2 nitrogen and oxygen atoms in total. The molecule has 2 heteroatoms. The van der Waals surface area contributed by atoms with Gasteiger partial charge in [-0.3, -0.25) is 0 Å². The zero-order chi connectivity index (χ0) is 11.1. The first-order valence-electron chi connectivity index (χ1n) is 5.09. The lowest BCUT2D eigenvalue weighted by Crippen LogP contribution is -2.15. The first kappa shape index (κ1) is 13.4. The van der Waals surface area contributed by atoms with Crippen LogP contribution in [0.4, 0.5) is 0 Å². The van der Waals surface area contributed by atoms with Gasteiger partial charge in [-0.1, -0.05) is 24.3 Å². The quantitative estimate of drug-likeness (QED) is 0.575. The Labute approximate surface area is 88.9 Å². The van der Waals surface area contributed by atoms with Crippen LogP contribution < -0.4 is 0 Å². The summed E-state index contributed by atoms with van der Waals surface area (Å²) in [6.45, 7) is 10.2. The van der Waals surface area contributed by atoms with Crippen molar-refractivity contribution in [1.29, 1.82) is 0 Å². The van der Waals surface area contributed by atoms with E-state index in [-0.39, 0.29) is 0 Å². The molecule has 82 valence electrons. The van der Waals surface area contributed by atoms with Crippen LogP contribution in [0.1, 0.15) is 12.8 Å². The van der Waals surface area contributed by atoms with Crippen LogP contribution in [0, 0.1) is 0 Å². The van der Waals surface area contributed by atoms with Gasteiger partial charge < -0.3 is 9.80 Å². The SMILES string of the molecule is C=C(CCN(C)C)C(=C)CCN(C)C. The summed E-state index contributed by atoms with van der Waals surface area (Å²) in [5.74, 6) is 0. The van der Waals surface area contributed by atoms with E-state index in [9.17, 15) is 0 Å². The summed E-state index contributed by atoms with van der Waals surface area (Å²) in [4.78, 5) is 4.34. The fraction of sp³-hybridized carbons (Fsp3) is 0.667. The summed E-state index contributed by atoms with van der Waals surface area (Å²) in [7, 11) is 8.32. The van der Waals surface area contributed by atoms with Gasteiger partial charge in [-0.15, -0.1) is 0 Å².